The lowest BCUT2D eigenvalue weighted by atomic mass is 10.1. The molecule has 1 N–H and O–H groups in total. The fourth-order valence-corrected chi connectivity index (χ4v) is 1.74. The maximum Gasteiger partial charge on any atom is 0.236 e. The highest BCUT2D eigenvalue weighted by Gasteiger charge is 2.18. The monoisotopic (exact) mass is 284 g/mol. The zero-order valence-corrected chi connectivity index (χ0v) is 12.4. The van der Waals surface area contributed by atoms with E-state index in [1.165, 1.54) is 11.0 Å². The number of hydrogen-bond acceptors (Lipinski definition) is 2. The Balaban J connectivity index is 2.67. The molecule has 1 amide bonds. The first kappa shape index (κ1) is 16.6. The van der Waals surface area contributed by atoms with Gasteiger partial charge in [0.25, 0.3) is 0 Å². The predicted molar refractivity (Wildman–Crippen MR) is 75.3 cm³/mol. The van der Waals surface area contributed by atoms with E-state index in [2.05, 4.69) is 5.32 Å². The molecule has 5 heteroatoms. The van der Waals surface area contributed by atoms with E-state index in [9.17, 15) is 13.6 Å². The Hall–Kier alpha value is -1.49. The second-order valence-electron chi connectivity index (χ2n) is 5.04. The lowest BCUT2D eigenvalue weighted by molar-refractivity contribution is -0.131. The molecule has 20 heavy (non-hydrogen) atoms. The van der Waals surface area contributed by atoms with Gasteiger partial charge in [0.15, 0.2) is 11.6 Å². The molecule has 1 rings (SSSR count). The Kier molecular flexibility index (Phi) is 6.07. The molecule has 2 unspecified atom stereocenters. The van der Waals surface area contributed by atoms with Crippen LogP contribution in [0.25, 0.3) is 0 Å². The van der Waals surface area contributed by atoms with Gasteiger partial charge in [0.05, 0.1) is 12.6 Å². The van der Waals surface area contributed by atoms with Gasteiger partial charge in [-0.05, 0) is 38.0 Å². The molecule has 0 saturated heterocycles. The van der Waals surface area contributed by atoms with Crippen LogP contribution in [0.2, 0.25) is 0 Å². The van der Waals surface area contributed by atoms with Crippen molar-refractivity contribution < 1.29 is 13.6 Å². The summed E-state index contributed by atoms with van der Waals surface area (Å²) in [5, 5.41) is 3.11. The largest absolute Gasteiger partial charge is 0.338 e. The summed E-state index contributed by atoms with van der Waals surface area (Å²) in [5.74, 6) is -1.86. The molecule has 0 saturated carbocycles. The molecule has 1 aromatic carbocycles. The molecule has 0 aliphatic carbocycles. The number of amides is 1. The summed E-state index contributed by atoms with van der Waals surface area (Å²) in [6.07, 6.45) is 0.940. The first-order valence-electron chi connectivity index (χ1n) is 6.80. The van der Waals surface area contributed by atoms with Crippen LogP contribution in [0.3, 0.4) is 0 Å². The van der Waals surface area contributed by atoms with Crippen LogP contribution in [0, 0.1) is 11.6 Å². The zero-order chi connectivity index (χ0) is 15.3. The standard InChI is InChI=1S/C15H22F2N2O/c1-5-10(2)18-9-15(20)19(4)11(3)12-6-7-13(16)14(17)8-12/h6-8,10-11,18H,5,9H2,1-4H3. The number of rotatable bonds is 6. The maximum absolute atomic E-state index is 13.2. The summed E-state index contributed by atoms with van der Waals surface area (Å²) in [7, 11) is 1.66. The van der Waals surface area contributed by atoms with Crippen molar-refractivity contribution in [3.63, 3.8) is 0 Å². The highest BCUT2D eigenvalue weighted by Crippen LogP contribution is 2.20. The van der Waals surface area contributed by atoms with Crippen LogP contribution in [0.4, 0.5) is 8.78 Å². The third-order valence-electron chi connectivity index (χ3n) is 3.61. The summed E-state index contributed by atoms with van der Waals surface area (Å²) >= 11 is 0. The second kappa shape index (κ2) is 7.33. The van der Waals surface area contributed by atoms with E-state index < -0.39 is 11.6 Å². The third kappa shape index (κ3) is 4.27. The molecule has 1 aromatic rings. The number of nitrogens with zero attached hydrogens (tertiary/aromatic N) is 1. The van der Waals surface area contributed by atoms with E-state index in [1.54, 1.807) is 14.0 Å². The van der Waals surface area contributed by atoms with E-state index in [4.69, 9.17) is 0 Å². The number of carbonyl (C=O) groups is 1. The molecule has 2 atom stereocenters. The maximum atomic E-state index is 13.2. The van der Waals surface area contributed by atoms with Crippen LogP contribution in [-0.2, 0) is 4.79 Å². The summed E-state index contributed by atoms with van der Waals surface area (Å²) in [6.45, 7) is 6.06. The normalized spacial score (nSPS) is 13.9. The average Bonchev–Trinajstić information content (AvgIpc) is 2.45. The van der Waals surface area contributed by atoms with E-state index in [1.807, 2.05) is 13.8 Å². The molecule has 0 spiro atoms. The number of carbonyl (C=O) groups excluding carboxylic acids is 1. The molecule has 3 nitrogen and oxygen atoms in total. The van der Waals surface area contributed by atoms with Crippen molar-refractivity contribution in [1.29, 1.82) is 0 Å². The summed E-state index contributed by atoms with van der Waals surface area (Å²) < 4.78 is 26.1. The Bertz CT molecular complexity index is 465. The van der Waals surface area contributed by atoms with Gasteiger partial charge in [-0.2, -0.15) is 0 Å². The number of benzene rings is 1. The van der Waals surface area contributed by atoms with E-state index >= 15 is 0 Å². The van der Waals surface area contributed by atoms with Gasteiger partial charge >= 0.3 is 0 Å². The van der Waals surface area contributed by atoms with Gasteiger partial charge in [0.2, 0.25) is 5.91 Å². The van der Waals surface area contributed by atoms with Crippen LogP contribution >= 0.6 is 0 Å². The fourth-order valence-electron chi connectivity index (χ4n) is 1.74. The number of hydrogen-bond donors (Lipinski definition) is 1. The third-order valence-corrected chi connectivity index (χ3v) is 3.61. The van der Waals surface area contributed by atoms with Crippen molar-refractivity contribution in [2.75, 3.05) is 13.6 Å². The van der Waals surface area contributed by atoms with Crippen molar-refractivity contribution in [3.8, 4) is 0 Å². The van der Waals surface area contributed by atoms with Gasteiger partial charge in [0, 0.05) is 13.1 Å². The molecular weight excluding hydrogens is 262 g/mol. The second-order valence-corrected chi connectivity index (χ2v) is 5.04. The number of nitrogens with one attached hydrogen (secondary N) is 1. The van der Waals surface area contributed by atoms with Gasteiger partial charge < -0.3 is 10.2 Å². The summed E-state index contributed by atoms with van der Waals surface area (Å²) in [5.41, 5.74) is 0.572. The smallest absolute Gasteiger partial charge is 0.236 e. The predicted octanol–water partition coefficient (Wildman–Crippen LogP) is 2.87. The molecule has 0 aliphatic rings. The minimum Gasteiger partial charge on any atom is -0.338 e. The molecular formula is C15H22F2N2O. The molecule has 0 heterocycles. The van der Waals surface area contributed by atoms with Crippen LogP contribution < -0.4 is 5.32 Å². The topological polar surface area (TPSA) is 32.3 Å². The van der Waals surface area contributed by atoms with E-state index in [0.29, 0.717) is 5.56 Å². The number of halogens is 2. The van der Waals surface area contributed by atoms with E-state index in [-0.39, 0.29) is 24.5 Å². The highest BCUT2D eigenvalue weighted by atomic mass is 19.2. The van der Waals surface area contributed by atoms with Crippen molar-refractivity contribution in [2.45, 2.75) is 39.3 Å². The Morgan fingerprint density at radius 3 is 2.50 bits per heavy atom. The minimum atomic E-state index is -0.895. The SMILES string of the molecule is CCC(C)NCC(=O)N(C)C(C)c1ccc(F)c(F)c1. The lowest BCUT2D eigenvalue weighted by Crippen LogP contribution is -2.39. The van der Waals surface area contributed by atoms with Gasteiger partial charge in [-0.1, -0.05) is 13.0 Å². The van der Waals surface area contributed by atoms with Gasteiger partial charge in [-0.3, -0.25) is 4.79 Å². The molecule has 112 valence electrons. The van der Waals surface area contributed by atoms with Gasteiger partial charge in [0.1, 0.15) is 0 Å². The fraction of sp³-hybridized carbons (Fsp3) is 0.533. The zero-order valence-electron chi connectivity index (χ0n) is 12.4. The minimum absolute atomic E-state index is 0.0810. The summed E-state index contributed by atoms with van der Waals surface area (Å²) in [6, 6.07) is 3.67. The van der Waals surface area contributed by atoms with Gasteiger partial charge in [-0.15, -0.1) is 0 Å². The van der Waals surface area contributed by atoms with Gasteiger partial charge in [-0.25, -0.2) is 8.78 Å². The first-order valence-corrected chi connectivity index (χ1v) is 6.80. The quantitative estimate of drug-likeness (QED) is 0.871. The van der Waals surface area contributed by atoms with Crippen molar-refractivity contribution in [1.82, 2.24) is 10.2 Å². The van der Waals surface area contributed by atoms with E-state index in [0.717, 1.165) is 18.6 Å². The van der Waals surface area contributed by atoms with Crippen LogP contribution in [0.1, 0.15) is 38.8 Å². The first-order chi connectivity index (χ1) is 9.36. The Morgan fingerprint density at radius 1 is 1.30 bits per heavy atom. The van der Waals surface area contributed by atoms with Crippen molar-refractivity contribution >= 4 is 5.91 Å². The summed E-state index contributed by atoms with van der Waals surface area (Å²) in [4.78, 5) is 13.6. The number of likely N-dealkylation sites (N-methyl/N-ethyl adjacent to an activating group) is 1. The molecule has 0 aromatic heterocycles. The van der Waals surface area contributed by atoms with Crippen molar-refractivity contribution in [2.24, 2.45) is 0 Å². The molecule has 0 aliphatic heterocycles. The van der Waals surface area contributed by atoms with Crippen LogP contribution in [0.5, 0.6) is 0 Å². The van der Waals surface area contributed by atoms with Crippen molar-refractivity contribution in [3.05, 3.63) is 35.4 Å². The average molecular weight is 284 g/mol. The highest BCUT2D eigenvalue weighted by molar-refractivity contribution is 5.78. The Morgan fingerprint density at radius 2 is 1.95 bits per heavy atom. The molecule has 0 bridgehead atoms. The Labute approximate surface area is 119 Å². The lowest BCUT2D eigenvalue weighted by Gasteiger charge is -2.26. The molecule has 0 radical (unpaired) electrons. The van der Waals surface area contributed by atoms with Crippen LogP contribution in [-0.4, -0.2) is 30.4 Å². The van der Waals surface area contributed by atoms with Crippen LogP contribution in [0.15, 0.2) is 18.2 Å². The molecule has 0 fully saturated rings.